The fourth-order valence-electron chi connectivity index (χ4n) is 6.09. The standard InChI is InChI=1S/C29H32F3N7O3/c1-28(14-42-15-28)27(41)38-10-2-3-19(13-38)22-12-21(24-25(33)35-16-36-39(22)24)17-4-6-18(7-5-17)26(40)37-23-11-20(8-9-34-23)29(30,31)32/h4,6-7,9,11-12,16-17,19-20H,2-3,5,8,10,13-15H2,1H3,(H,37,40)(H2,33,35,36). The average molecular weight is 584 g/mol. The quantitative estimate of drug-likeness (QED) is 0.554. The summed E-state index contributed by atoms with van der Waals surface area (Å²) < 4.78 is 46.4. The second kappa shape index (κ2) is 10.7. The number of rotatable bonds is 5. The van der Waals surface area contributed by atoms with Crippen LogP contribution in [0.2, 0.25) is 0 Å². The molecule has 0 radical (unpaired) electrons. The monoisotopic (exact) mass is 583 g/mol. The number of halogens is 3. The first-order chi connectivity index (χ1) is 20.0. The SMILES string of the molecule is CC1(C(=O)N2CCCC(c3cc(C4C=CC(C(=O)NC5=CC(C(F)(F)F)CC=N5)=CC4)c4c(N)ncnn34)C2)COC1. The minimum atomic E-state index is -4.40. The number of allylic oxidation sites excluding steroid dienone is 3. The largest absolute Gasteiger partial charge is 0.395 e. The Labute approximate surface area is 240 Å². The number of hydrogen-bond acceptors (Lipinski definition) is 7. The second-order valence-electron chi connectivity index (χ2n) is 11.6. The van der Waals surface area contributed by atoms with Crippen LogP contribution in [-0.2, 0) is 14.3 Å². The van der Waals surface area contributed by atoms with Gasteiger partial charge in [-0.2, -0.15) is 18.3 Å². The minimum absolute atomic E-state index is 0.0529. The molecule has 2 saturated heterocycles. The van der Waals surface area contributed by atoms with Crippen LogP contribution < -0.4 is 11.1 Å². The molecule has 2 aromatic heterocycles. The van der Waals surface area contributed by atoms with Gasteiger partial charge < -0.3 is 20.7 Å². The number of nitrogens with one attached hydrogen (secondary N) is 1. The summed E-state index contributed by atoms with van der Waals surface area (Å²) in [7, 11) is 0. The molecule has 0 spiro atoms. The molecule has 42 heavy (non-hydrogen) atoms. The lowest BCUT2D eigenvalue weighted by atomic mass is 9.85. The van der Waals surface area contributed by atoms with Crippen molar-refractivity contribution in [3.8, 4) is 0 Å². The van der Waals surface area contributed by atoms with Gasteiger partial charge in [0, 0.05) is 42.4 Å². The van der Waals surface area contributed by atoms with Crippen molar-refractivity contribution in [3.05, 3.63) is 59.3 Å². The van der Waals surface area contributed by atoms with E-state index in [0.29, 0.717) is 49.6 Å². The lowest BCUT2D eigenvalue weighted by molar-refractivity contribution is -0.170. The van der Waals surface area contributed by atoms with E-state index in [2.05, 4.69) is 26.5 Å². The van der Waals surface area contributed by atoms with E-state index in [9.17, 15) is 22.8 Å². The van der Waals surface area contributed by atoms with Crippen LogP contribution >= 0.6 is 0 Å². The summed E-state index contributed by atoms with van der Waals surface area (Å²) >= 11 is 0. The van der Waals surface area contributed by atoms with Gasteiger partial charge in [0.15, 0.2) is 5.82 Å². The Kier molecular flexibility index (Phi) is 7.16. The number of hydrogen-bond donors (Lipinski definition) is 2. The van der Waals surface area contributed by atoms with Crippen LogP contribution in [0.5, 0.6) is 0 Å². The Morgan fingerprint density at radius 2 is 2.05 bits per heavy atom. The molecule has 4 aliphatic rings. The molecular weight excluding hydrogens is 551 g/mol. The van der Waals surface area contributed by atoms with Crippen LogP contribution in [0.3, 0.4) is 0 Å². The first-order valence-electron chi connectivity index (χ1n) is 14.0. The van der Waals surface area contributed by atoms with Gasteiger partial charge in [-0.1, -0.05) is 18.2 Å². The molecule has 2 fully saturated rings. The summed E-state index contributed by atoms with van der Waals surface area (Å²) in [5.74, 6) is -1.96. The highest BCUT2D eigenvalue weighted by Gasteiger charge is 2.45. The maximum absolute atomic E-state index is 13.2. The number of anilines is 1. The first kappa shape index (κ1) is 28.1. The Bertz CT molecular complexity index is 1540. The smallest absolute Gasteiger partial charge is 0.382 e. The first-order valence-corrected chi connectivity index (χ1v) is 14.0. The highest BCUT2D eigenvalue weighted by molar-refractivity contribution is 5.97. The summed E-state index contributed by atoms with van der Waals surface area (Å²) in [6.07, 6.45) is 6.38. The number of nitrogen functional groups attached to an aromatic ring is 1. The summed E-state index contributed by atoms with van der Waals surface area (Å²) in [6, 6.07) is 2.07. The number of alkyl halides is 3. The van der Waals surface area contributed by atoms with E-state index >= 15 is 0 Å². The van der Waals surface area contributed by atoms with Crippen LogP contribution in [0.1, 0.15) is 55.7 Å². The van der Waals surface area contributed by atoms with Crippen molar-refractivity contribution in [2.24, 2.45) is 16.3 Å². The second-order valence-corrected chi connectivity index (χ2v) is 11.6. The average Bonchev–Trinajstić information content (AvgIpc) is 3.36. The van der Waals surface area contributed by atoms with E-state index in [4.69, 9.17) is 10.5 Å². The Morgan fingerprint density at radius 1 is 1.24 bits per heavy atom. The van der Waals surface area contributed by atoms with Gasteiger partial charge in [0.2, 0.25) is 5.91 Å². The molecule has 3 unspecified atom stereocenters. The number of aromatic nitrogens is 3. The van der Waals surface area contributed by atoms with Gasteiger partial charge in [-0.15, -0.1) is 0 Å². The Morgan fingerprint density at radius 3 is 2.74 bits per heavy atom. The molecule has 2 amide bonds. The number of nitrogens with two attached hydrogens (primary N) is 1. The summed E-state index contributed by atoms with van der Waals surface area (Å²) in [6.45, 7) is 4.10. The number of piperidine rings is 1. The molecule has 1 aliphatic carbocycles. The zero-order chi connectivity index (χ0) is 29.6. The third-order valence-corrected chi connectivity index (χ3v) is 8.50. The molecule has 10 nitrogen and oxygen atoms in total. The van der Waals surface area contributed by atoms with Gasteiger partial charge in [0.05, 0.1) is 24.5 Å². The van der Waals surface area contributed by atoms with E-state index in [1.54, 1.807) is 12.2 Å². The minimum Gasteiger partial charge on any atom is -0.382 e. The number of fused-ring (bicyclic) bond motifs is 1. The predicted molar refractivity (Wildman–Crippen MR) is 148 cm³/mol. The van der Waals surface area contributed by atoms with E-state index in [-0.39, 0.29) is 30.0 Å². The number of amides is 2. The number of ether oxygens (including phenoxy) is 1. The van der Waals surface area contributed by atoms with Crippen molar-refractivity contribution in [1.29, 1.82) is 0 Å². The fourth-order valence-corrected chi connectivity index (χ4v) is 6.09. The van der Waals surface area contributed by atoms with Crippen molar-refractivity contribution in [3.63, 3.8) is 0 Å². The maximum atomic E-state index is 13.2. The fraction of sp³-hybridized carbons (Fsp3) is 0.483. The molecule has 13 heteroatoms. The van der Waals surface area contributed by atoms with E-state index < -0.39 is 23.4 Å². The van der Waals surface area contributed by atoms with E-state index in [1.165, 1.54) is 12.5 Å². The number of aliphatic imine (C=N–C) groups is 1. The zero-order valence-electron chi connectivity index (χ0n) is 23.1. The normalized spacial score (nSPS) is 25.5. The molecule has 3 aliphatic heterocycles. The Hall–Kier alpha value is -4.00. The van der Waals surface area contributed by atoms with Crippen molar-refractivity contribution in [2.75, 3.05) is 32.0 Å². The number of nitrogens with zero attached hydrogens (tertiary/aromatic N) is 5. The van der Waals surface area contributed by atoms with Crippen LogP contribution in [0.25, 0.3) is 5.52 Å². The van der Waals surface area contributed by atoms with Crippen LogP contribution in [0.4, 0.5) is 19.0 Å². The van der Waals surface area contributed by atoms with Gasteiger partial charge in [0.25, 0.3) is 5.91 Å². The molecule has 5 heterocycles. The molecule has 3 N–H and O–H groups in total. The van der Waals surface area contributed by atoms with E-state index in [0.717, 1.165) is 30.2 Å². The highest BCUT2D eigenvalue weighted by Crippen LogP contribution is 2.39. The van der Waals surface area contributed by atoms with Gasteiger partial charge >= 0.3 is 6.18 Å². The third kappa shape index (κ3) is 5.21. The summed E-state index contributed by atoms with van der Waals surface area (Å²) in [5, 5.41) is 6.99. The molecule has 222 valence electrons. The molecular formula is C29H32F3N7O3. The van der Waals surface area contributed by atoms with Gasteiger partial charge in [-0.3, -0.25) is 9.59 Å². The van der Waals surface area contributed by atoms with Crippen molar-refractivity contribution >= 4 is 29.4 Å². The summed E-state index contributed by atoms with van der Waals surface area (Å²) in [4.78, 5) is 36.1. The van der Waals surface area contributed by atoms with Gasteiger partial charge in [-0.25, -0.2) is 14.5 Å². The maximum Gasteiger partial charge on any atom is 0.395 e. The van der Waals surface area contributed by atoms with Crippen molar-refractivity contribution in [2.45, 2.75) is 50.6 Å². The van der Waals surface area contributed by atoms with Gasteiger partial charge in [0.1, 0.15) is 17.7 Å². The topological polar surface area (TPSA) is 127 Å². The predicted octanol–water partition coefficient (Wildman–Crippen LogP) is 3.63. The molecule has 2 aromatic rings. The van der Waals surface area contributed by atoms with Gasteiger partial charge in [-0.05, 0) is 50.3 Å². The molecule has 6 rings (SSSR count). The lowest BCUT2D eigenvalue weighted by Gasteiger charge is -2.43. The van der Waals surface area contributed by atoms with Crippen molar-refractivity contribution in [1.82, 2.24) is 24.8 Å². The highest BCUT2D eigenvalue weighted by atomic mass is 19.4. The third-order valence-electron chi connectivity index (χ3n) is 8.50. The molecule has 0 saturated carbocycles. The van der Waals surface area contributed by atoms with Crippen LogP contribution in [-0.4, -0.2) is 70.0 Å². The van der Waals surface area contributed by atoms with Crippen LogP contribution in [0.15, 0.2) is 53.1 Å². The molecule has 3 atom stereocenters. The zero-order valence-corrected chi connectivity index (χ0v) is 23.1. The Balaban J connectivity index is 1.20. The summed E-state index contributed by atoms with van der Waals surface area (Å²) in [5.41, 5.74) is 8.74. The van der Waals surface area contributed by atoms with Crippen LogP contribution in [0, 0.1) is 11.3 Å². The molecule has 0 aromatic carbocycles. The number of likely N-dealkylation sites (tertiary alicyclic amines) is 1. The van der Waals surface area contributed by atoms with E-state index in [1.807, 2.05) is 22.4 Å². The molecule has 0 bridgehead atoms. The van der Waals surface area contributed by atoms with Crippen molar-refractivity contribution < 1.29 is 27.5 Å². The number of carbonyl (C=O) groups is 2. The number of carbonyl (C=O) groups excluding carboxylic acids is 2. The lowest BCUT2D eigenvalue weighted by Crippen LogP contribution is -2.55.